The Morgan fingerprint density at radius 3 is 2.78 bits per heavy atom. The first-order valence-electron chi connectivity index (χ1n) is 6.09. The molecule has 0 aliphatic heterocycles. The molecule has 0 radical (unpaired) electrons. The average Bonchev–Trinajstić information content (AvgIpc) is 2.91. The van der Waals surface area contributed by atoms with Crippen molar-refractivity contribution in [1.82, 2.24) is 10.3 Å². The molecule has 0 amide bonds. The molecular formula is C14H18N2OS. The van der Waals surface area contributed by atoms with Crippen LogP contribution in [0.3, 0.4) is 0 Å². The van der Waals surface area contributed by atoms with Gasteiger partial charge in [-0.05, 0) is 42.5 Å². The van der Waals surface area contributed by atoms with Crippen LogP contribution < -0.4 is 5.32 Å². The molecule has 0 bridgehead atoms. The number of aliphatic hydroxyl groups excluding tert-OH is 1. The molecule has 0 saturated carbocycles. The third-order valence-electron chi connectivity index (χ3n) is 2.85. The number of hydrogen-bond donors (Lipinski definition) is 2. The lowest BCUT2D eigenvalue weighted by Gasteiger charge is -2.17. The van der Waals surface area contributed by atoms with E-state index < -0.39 is 0 Å². The monoisotopic (exact) mass is 262 g/mol. The van der Waals surface area contributed by atoms with E-state index in [4.69, 9.17) is 0 Å². The fraction of sp³-hybridized carbons (Fsp3) is 0.357. The first-order valence-corrected chi connectivity index (χ1v) is 6.97. The van der Waals surface area contributed by atoms with Gasteiger partial charge in [0, 0.05) is 29.9 Å². The van der Waals surface area contributed by atoms with E-state index in [1.165, 1.54) is 5.56 Å². The van der Waals surface area contributed by atoms with Gasteiger partial charge in [0.1, 0.15) is 0 Å². The van der Waals surface area contributed by atoms with E-state index in [9.17, 15) is 5.11 Å². The van der Waals surface area contributed by atoms with Gasteiger partial charge in [-0.15, -0.1) is 11.3 Å². The quantitative estimate of drug-likeness (QED) is 0.841. The maximum atomic E-state index is 10.0. The normalized spacial score (nSPS) is 14.3. The van der Waals surface area contributed by atoms with Crippen molar-refractivity contribution in [1.29, 1.82) is 0 Å². The summed E-state index contributed by atoms with van der Waals surface area (Å²) >= 11 is 1.60. The second kappa shape index (κ2) is 6.64. The van der Waals surface area contributed by atoms with Crippen LogP contribution in [0.1, 0.15) is 29.9 Å². The molecule has 0 aromatic carbocycles. The van der Waals surface area contributed by atoms with Crippen molar-refractivity contribution < 1.29 is 5.11 Å². The van der Waals surface area contributed by atoms with E-state index in [1.54, 1.807) is 23.7 Å². The molecule has 0 aliphatic rings. The van der Waals surface area contributed by atoms with Crippen LogP contribution in [0.4, 0.5) is 0 Å². The average molecular weight is 262 g/mol. The molecule has 2 rings (SSSR count). The Morgan fingerprint density at radius 1 is 1.33 bits per heavy atom. The number of aliphatic hydroxyl groups is 1. The van der Waals surface area contributed by atoms with Crippen molar-refractivity contribution in [3.8, 4) is 0 Å². The lowest BCUT2D eigenvalue weighted by atomic mass is 10.1. The second-order valence-electron chi connectivity index (χ2n) is 4.40. The summed E-state index contributed by atoms with van der Waals surface area (Å²) in [6, 6.07) is 8.21. The standard InChI is InChI=1S/C14H18N2OS/c1-11(9-13(17)14-3-2-8-18-14)16-10-12-4-6-15-7-5-12/h2-8,11,13,16-17H,9-10H2,1H3/t11-,13-/m1/s1. The van der Waals surface area contributed by atoms with Crippen molar-refractivity contribution in [3.05, 3.63) is 52.5 Å². The zero-order valence-corrected chi connectivity index (χ0v) is 11.2. The van der Waals surface area contributed by atoms with Crippen molar-refractivity contribution >= 4 is 11.3 Å². The molecule has 0 aliphatic carbocycles. The largest absolute Gasteiger partial charge is 0.388 e. The number of thiophene rings is 1. The van der Waals surface area contributed by atoms with Gasteiger partial charge in [0.25, 0.3) is 0 Å². The Morgan fingerprint density at radius 2 is 2.11 bits per heavy atom. The highest BCUT2D eigenvalue weighted by molar-refractivity contribution is 7.10. The molecule has 2 aromatic rings. The lowest BCUT2D eigenvalue weighted by molar-refractivity contribution is 0.157. The van der Waals surface area contributed by atoms with Crippen LogP contribution >= 0.6 is 11.3 Å². The summed E-state index contributed by atoms with van der Waals surface area (Å²) in [6.45, 7) is 2.90. The zero-order chi connectivity index (χ0) is 12.8. The summed E-state index contributed by atoms with van der Waals surface area (Å²) in [5.41, 5.74) is 1.21. The van der Waals surface area contributed by atoms with Crippen LogP contribution in [0.15, 0.2) is 42.0 Å². The van der Waals surface area contributed by atoms with Crippen LogP contribution in [0.5, 0.6) is 0 Å². The van der Waals surface area contributed by atoms with Gasteiger partial charge in [0.05, 0.1) is 6.10 Å². The molecular weight excluding hydrogens is 244 g/mol. The molecule has 0 fully saturated rings. The van der Waals surface area contributed by atoms with Crippen LogP contribution in [0.2, 0.25) is 0 Å². The Hall–Kier alpha value is -1.23. The van der Waals surface area contributed by atoms with E-state index in [1.807, 2.05) is 29.6 Å². The van der Waals surface area contributed by atoms with E-state index in [-0.39, 0.29) is 12.1 Å². The highest BCUT2D eigenvalue weighted by Crippen LogP contribution is 2.22. The summed E-state index contributed by atoms with van der Waals surface area (Å²) in [5, 5.41) is 15.4. The maximum Gasteiger partial charge on any atom is 0.0896 e. The molecule has 2 heterocycles. The molecule has 2 N–H and O–H groups in total. The van der Waals surface area contributed by atoms with Crippen LogP contribution in [0.25, 0.3) is 0 Å². The lowest BCUT2D eigenvalue weighted by Crippen LogP contribution is -2.27. The van der Waals surface area contributed by atoms with Gasteiger partial charge in [0.15, 0.2) is 0 Å². The Balaban J connectivity index is 1.77. The Labute approximate surface area is 112 Å². The fourth-order valence-electron chi connectivity index (χ4n) is 1.81. The minimum atomic E-state index is -0.370. The van der Waals surface area contributed by atoms with Crippen molar-refractivity contribution in [2.24, 2.45) is 0 Å². The number of nitrogens with zero attached hydrogens (tertiary/aromatic N) is 1. The predicted octanol–water partition coefficient (Wildman–Crippen LogP) is 2.74. The van der Waals surface area contributed by atoms with Gasteiger partial charge in [-0.3, -0.25) is 4.98 Å². The fourth-order valence-corrected chi connectivity index (χ4v) is 2.53. The molecule has 0 unspecified atom stereocenters. The minimum absolute atomic E-state index is 0.273. The van der Waals surface area contributed by atoms with E-state index >= 15 is 0 Å². The summed E-state index contributed by atoms with van der Waals surface area (Å²) in [4.78, 5) is 5.02. The first-order chi connectivity index (χ1) is 8.75. The predicted molar refractivity (Wildman–Crippen MR) is 74.4 cm³/mol. The van der Waals surface area contributed by atoms with E-state index in [0.29, 0.717) is 0 Å². The van der Waals surface area contributed by atoms with Crippen molar-refractivity contribution in [2.45, 2.75) is 32.0 Å². The molecule has 0 spiro atoms. The summed E-state index contributed by atoms with van der Waals surface area (Å²) < 4.78 is 0. The first kappa shape index (κ1) is 13.2. The van der Waals surface area contributed by atoms with Crippen LogP contribution in [0, 0.1) is 0 Å². The van der Waals surface area contributed by atoms with Gasteiger partial charge in [-0.25, -0.2) is 0 Å². The topological polar surface area (TPSA) is 45.1 Å². The number of nitrogens with one attached hydrogen (secondary N) is 1. The van der Waals surface area contributed by atoms with Gasteiger partial charge in [0.2, 0.25) is 0 Å². The number of aromatic nitrogens is 1. The molecule has 3 nitrogen and oxygen atoms in total. The molecule has 0 saturated heterocycles. The third kappa shape index (κ3) is 3.91. The highest BCUT2D eigenvalue weighted by atomic mass is 32.1. The third-order valence-corrected chi connectivity index (χ3v) is 3.83. The minimum Gasteiger partial charge on any atom is -0.388 e. The van der Waals surface area contributed by atoms with Crippen LogP contribution in [-0.2, 0) is 6.54 Å². The van der Waals surface area contributed by atoms with E-state index in [2.05, 4.69) is 17.2 Å². The molecule has 4 heteroatoms. The molecule has 18 heavy (non-hydrogen) atoms. The smallest absolute Gasteiger partial charge is 0.0896 e. The van der Waals surface area contributed by atoms with Gasteiger partial charge in [-0.2, -0.15) is 0 Å². The second-order valence-corrected chi connectivity index (χ2v) is 5.38. The summed E-state index contributed by atoms with van der Waals surface area (Å²) in [7, 11) is 0. The molecule has 2 atom stereocenters. The number of rotatable bonds is 6. The van der Waals surface area contributed by atoms with Gasteiger partial charge >= 0.3 is 0 Å². The summed E-state index contributed by atoms with van der Waals surface area (Å²) in [5.74, 6) is 0. The SMILES string of the molecule is C[C@H](C[C@@H](O)c1cccs1)NCc1ccncc1. The Bertz CT molecular complexity index is 444. The van der Waals surface area contributed by atoms with Gasteiger partial charge < -0.3 is 10.4 Å². The molecule has 2 aromatic heterocycles. The maximum absolute atomic E-state index is 10.0. The highest BCUT2D eigenvalue weighted by Gasteiger charge is 2.12. The number of hydrogen-bond acceptors (Lipinski definition) is 4. The summed E-state index contributed by atoms with van der Waals surface area (Å²) in [6.07, 6.45) is 3.94. The number of pyridine rings is 1. The zero-order valence-electron chi connectivity index (χ0n) is 10.4. The Kier molecular flexibility index (Phi) is 4.87. The van der Waals surface area contributed by atoms with Crippen LogP contribution in [-0.4, -0.2) is 16.1 Å². The van der Waals surface area contributed by atoms with E-state index in [0.717, 1.165) is 17.8 Å². The van der Waals surface area contributed by atoms with Crippen molar-refractivity contribution in [3.63, 3.8) is 0 Å². The van der Waals surface area contributed by atoms with Crippen molar-refractivity contribution in [2.75, 3.05) is 0 Å². The van der Waals surface area contributed by atoms with Gasteiger partial charge in [-0.1, -0.05) is 6.07 Å². The molecule has 96 valence electrons.